The number of carbonyl (C=O) groups is 1. The van der Waals surface area contributed by atoms with E-state index in [0.717, 1.165) is 19.4 Å². The lowest BCUT2D eigenvalue weighted by Crippen LogP contribution is -2.23. The molecule has 2 heteroatoms. The molecule has 0 aromatic carbocycles. The highest BCUT2D eigenvalue weighted by atomic mass is 16.5. The lowest BCUT2D eigenvalue weighted by Gasteiger charge is -2.13. The molecule has 0 bridgehead atoms. The molecule has 0 N–H and O–H groups in total. The molecule has 1 aliphatic heterocycles. The Kier molecular flexibility index (Phi) is 3.98. The number of Topliss-reactive ketones (excluding diaryl/α,β-unsaturated/α-hetero) is 1. The van der Waals surface area contributed by atoms with Crippen molar-refractivity contribution < 1.29 is 9.53 Å². The summed E-state index contributed by atoms with van der Waals surface area (Å²) in [6, 6.07) is 0. The second kappa shape index (κ2) is 5.04. The minimum absolute atomic E-state index is 0.103. The van der Waals surface area contributed by atoms with E-state index < -0.39 is 0 Å². The van der Waals surface area contributed by atoms with Crippen molar-refractivity contribution in [1.82, 2.24) is 0 Å². The van der Waals surface area contributed by atoms with Gasteiger partial charge in [0.05, 0.1) is 12.5 Å². The van der Waals surface area contributed by atoms with E-state index in [1.54, 1.807) is 6.92 Å². The minimum Gasteiger partial charge on any atom is -0.377 e. The summed E-state index contributed by atoms with van der Waals surface area (Å²) >= 11 is 0. The molecule has 0 aliphatic carbocycles. The largest absolute Gasteiger partial charge is 0.377 e. The van der Waals surface area contributed by atoms with Gasteiger partial charge in [-0.05, 0) is 19.8 Å². The molecule has 1 saturated heterocycles. The number of carbonyl (C=O) groups excluding carboxylic acids is 1. The third-order valence-electron chi connectivity index (χ3n) is 2.46. The number of rotatable bonds is 3. The fourth-order valence-electron chi connectivity index (χ4n) is 1.73. The summed E-state index contributed by atoms with van der Waals surface area (Å²) in [7, 11) is 0. The highest BCUT2D eigenvalue weighted by Gasteiger charge is 2.31. The van der Waals surface area contributed by atoms with Crippen molar-refractivity contribution in [3.63, 3.8) is 0 Å². The Morgan fingerprint density at radius 2 is 2.38 bits per heavy atom. The van der Waals surface area contributed by atoms with Crippen molar-refractivity contribution >= 4 is 5.78 Å². The quantitative estimate of drug-likeness (QED) is 0.619. The predicted octanol–water partition coefficient (Wildman–Crippen LogP) is 1.78. The van der Waals surface area contributed by atoms with Crippen LogP contribution in [0.3, 0.4) is 0 Å². The van der Waals surface area contributed by atoms with Gasteiger partial charge in [-0.1, -0.05) is 12.8 Å². The third-order valence-corrected chi connectivity index (χ3v) is 2.46. The molecule has 2 unspecified atom stereocenters. The zero-order valence-corrected chi connectivity index (χ0v) is 8.30. The molecule has 2 nitrogen and oxygen atoms in total. The summed E-state index contributed by atoms with van der Waals surface area (Å²) in [4.78, 5) is 11.6. The van der Waals surface area contributed by atoms with Crippen LogP contribution in [0.5, 0.6) is 0 Å². The van der Waals surface area contributed by atoms with Crippen LogP contribution in [0.2, 0.25) is 0 Å². The summed E-state index contributed by atoms with van der Waals surface area (Å²) < 4.78 is 5.45. The van der Waals surface area contributed by atoms with E-state index in [1.165, 1.54) is 0 Å². The average Bonchev–Trinajstić information content (AvgIpc) is 2.61. The zero-order chi connectivity index (χ0) is 9.68. The van der Waals surface area contributed by atoms with Crippen LogP contribution in [0.1, 0.15) is 33.1 Å². The van der Waals surface area contributed by atoms with E-state index >= 15 is 0 Å². The SMILES string of the molecule is CC#CCC(=O)C1CCOC1CC. The van der Waals surface area contributed by atoms with E-state index in [9.17, 15) is 4.79 Å². The molecule has 1 rings (SSSR count). The van der Waals surface area contributed by atoms with Gasteiger partial charge in [0.1, 0.15) is 5.78 Å². The number of ketones is 1. The van der Waals surface area contributed by atoms with Crippen LogP contribution in [-0.2, 0) is 9.53 Å². The van der Waals surface area contributed by atoms with Crippen molar-refractivity contribution in [2.24, 2.45) is 5.92 Å². The fourth-order valence-corrected chi connectivity index (χ4v) is 1.73. The molecule has 0 radical (unpaired) electrons. The van der Waals surface area contributed by atoms with Crippen molar-refractivity contribution in [1.29, 1.82) is 0 Å². The first kappa shape index (κ1) is 10.3. The maximum Gasteiger partial charge on any atom is 0.150 e. The molecular weight excluding hydrogens is 164 g/mol. The summed E-state index contributed by atoms with van der Waals surface area (Å²) in [6.45, 7) is 4.55. The highest BCUT2D eigenvalue weighted by molar-refractivity contribution is 5.84. The zero-order valence-electron chi connectivity index (χ0n) is 8.30. The monoisotopic (exact) mass is 180 g/mol. The molecule has 1 aliphatic rings. The predicted molar refractivity (Wildman–Crippen MR) is 51.2 cm³/mol. The van der Waals surface area contributed by atoms with Gasteiger partial charge in [-0.2, -0.15) is 0 Å². The molecule has 0 amide bonds. The Bertz CT molecular complexity index is 234. The Hall–Kier alpha value is -0.810. The van der Waals surface area contributed by atoms with Gasteiger partial charge < -0.3 is 4.74 Å². The summed E-state index contributed by atoms with van der Waals surface area (Å²) in [5.74, 6) is 5.91. The molecule has 0 aromatic heterocycles. The standard InChI is InChI=1S/C11H16O2/c1-3-5-6-10(12)9-7-8-13-11(9)4-2/h9,11H,4,6-8H2,1-2H3. The molecule has 13 heavy (non-hydrogen) atoms. The van der Waals surface area contributed by atoms with Crippen LogP contribution in [-0.4, -0.2) is 18.5 Å². The van der Waals surface area contributed by atoms with E-state index in [0.29, 0.717) is 6.42 Å². The molecule has 0 spiro atoms. The van der Waals surface area contributed by atoms with E-state index in [1.807, 2.05) is 0 Å². The smallest absolute Gasteiger partial charge is 0.150 e. The molecular formula is C11H16O2. The van der Waals surface area contributed by atoms with E-state index in [-0.39, 0.29) is 17.8 Å². The number of hydrogen-bond donors (Lipinski definition) is 0. The van der Waals surface area contributed by atoms with Crippen LogP contribution in [0, 0.1) is 17.8 Å². The van der Waals surface area contributed by atoms with Crippen LogP contribution >= 0.6 is 0 Å². The van der Waals surface area contributed by atoms with Crippen LogP contribution < -0.4 is 0 Å². The average molecular weight is 180 g/mol. The van der Waals surface area contributed by atoms with Crippen LogP contribution in [0.25, 0.3) is 0 Å². The van der Waals surface area contributed by atoms with Crippen molar-refractivity contribution in [3.05, 3.63) is 0 Å². The Labute approximate surface area is 79.7 Å². The van der Waals surface area contributed by atoms with Gasteiger partial charge in [0.2, 0.25) is 0 Å². The van der Waals surface area contributed by atoms with Gasteiger partial charge in [-0.15, -0.1) is 5.92 Å². The summed E-state index contributed by atoms with van der Waals surface area (Å²) in [5, 5.41) is 0. The minimum atomic E-state index is 0.103. The van der Waals surface area contributed by atoms with Crippen molar-refractivity contribution in [2.45, 2.75) is 39.2 Å². The van der Waals surface area contributed by atoms with Crippen molar-refractivity contribution in [2.75, 3.05) is 6.61 Å². The summed E-state index contributed by atoms with van der Waals surface area (Å²) in [6.07, 6.45) is 2.34. The Balaban J connectivity index is 2.48. The topological polar surface area (TPSA) is 26.3 Å². The number of ether oxygens (including phenoxy) is 1. The first-order chi connectivity index (χ1) is 6.29. The van der Waals surface area contributed by atoms with E-state index in [4.69, 9.17) is 4.74 Å². The van der Waals surface area contributed by atoms with Gasteiger partial charge in [0.15, 0.2) is 0 Å². The molecule has 0 saturated carbocycles. The van der Waals surface area contributed by atoms with Gasteiger partial charge >= 0.3 is 0 Å². The molecule has 72 valence electrons. The maximum atomic E-state index is 11.6. The maximum absolute atomic E-state index is 11.6. The van der Waals surface area contributed by atoms with Gasteiger partial charge in [0.25, 0.3) is 0 Å². The van der Waals surface area contributed by atoms with Gasteiger partial charge in [0, 0.05) is 12.5 Å². The molecule has 1 heterocycles. The van der Waals surface area contributed by atoms with Crippen LogP contribution in [0.4, 0.5) is 0 Å². The second-order valence-corrected chi connectivity index (χ2v) is 3.28. The summed E-state index contributed by atoms with van der Waals surface area (Å²) in [5.41, 5.74) is 0. The highest BCUT2D eigenvalue weighted by Crippen LogP contribution is 2.24. The van der Waals surface area contributed by atoms with Gasteiger partial charge in [-0.25, -0.2) is 0 Å². The third kappa shape index (κ3) is 2.57. The second-order valence-electron chi connectivity index (χ2n) is 3.28. The first-order valence-corrected chi connectivity index (χ1v) is 4.83. The Morgan fingerprint density at radius 1 is 1.62 bits per heavy atom. The normalized spacial score (nSPS) is 26.6. The van der Waals surface area contributed by atoms with Gasteiger partial charge in [-0.3, -0.25) is 4.79 Å². The van der Waals surface area contributed by atoms with Crippen molar-refractivity contribution in [3.8, 4) is 11.8 Å². The molecule has 2 atom stereocenters. The molecule has 1 fully saturated rings. The first-order valence-electron chi connectivity index (χ1n) is 4.83. The lowest BCUT2D eigenvalue weighted by atomic mass is 9.93. The Morgan fingerprint density at radius 3 is 3.00 bits per heavy atom. The van der Waals surface area contributed by atoms with E-state index in [2.05, 4.69) is 18.8 Å². The fraction of sp³-hybridized carbons (Fsp3) is 0.727. The number of hydrogen-bond acceptors (Lipinski definition) is 2. The lowest BCUT2D eigenvalue weighted by molar-refractivity contribution is -0.123. The molecule has 0 aromatic rings. The van der Waals surface area contributed by atoms with Crippen LogP contribution in [0.15, 0.2) is 0 Å².